The van der Waals surface area contributed by atoms with Gasteiger partial charge in [-0.25, -0.2) is 0 Å². The molecule has 2 aliphatic heterocycles. The average molecular weight is 250 g/mol. The Morgan fingerprint density at radius 1 is 1.28 bits per heavy atom. The minimum absolute atomic E-state index is 0.760. The SMILES string of the molecule is CC1CCc2nnc(CCN3CCOCC3)n2C1. The molecule has 0 spiro atoms. The van der Waals surface area contributed by atoms with Crippen LogP contribution in [-0.4, -0.2) is 52.5 Å². The summed E-state index contributed by atoms with van der Waals surface area (Å²) in [6.07, 6.45) is 3.35. The zero-order valence-corrected chi connectivity index (χ0v) is 11.1. The first-order valence-electron chi connectivity index (χ1n) is 7.04. The highest BCUT2D eigenvalue weighted by Gasteiger charge is 2.20. The van der Waals surface area contributed by atoms with Gasteiger partial charge in [0, 0.05) is 39.0 Å². The fraction of sp³-hybridized carbons (Fsp3) is 0.846. The van der Waals surface area contributed by atoms with E-state index in [-0.39, 0.29) is 0 Å². The predicted octanol–water partition coefficient (Wildman–Crippen LogP) is 0.735. The van der Waals surface area contributed by atoms with E-state index in [1.165, 1.54) is 18.1 Å². The summed E-state index contributed by atoms with van der Waals surface area (Å²) < 4.78 is 7.71. The predicted molar refractivity (Wildman–Crippen MR) is 68.5 cm³/mol. The summed E-state index contributed by atoms with van der Waals surface area (Å²) in [5.41, 5.74) is 0. The molecular weight excluding hydrogens is 228 g/mol. The molecule has 18 heavy (non-hydrogen) atoms. The van der Waals surface area contributed by atoms with Crippen LogP contribution < -0.4 is 0 Å². The van der Waals surface area contributed by atoms with Crippen LogP contribution in [0.1, 0.15) is 25.0 Å². The summed E-state index contributed by atoms with van der Waals surface area (Å²) >= 11 is 0. The van der Waals surface area contributed by atoms with Gasteiger partial charge in [0.25, 0.3) is 0 Å². The molecule has 3 rings (SSSR count). The summed E-state index contributed by atoms with van der Waals surface area (Å²) in [5.74, 6) is 3.11. The molecule has 0 saturated carbocycles. The zero-order valence-electron chi connectivity index (χ0n) is 11.1. The van der Waals surface area contributed by atoms with Crippen LogP contribution in [0.5, 0.6) is 0 Å². The maximum absolute atomic E-state index is 5.37. The number of aryl methyl sites for hydroxylation is 1. The van der Waals surface area contributed by atoms with Gasteiger partial charge in [0.05, 0.1) is 13.2 Å². The van der Waals surface area contributed by atoms with E-state index in [4.69, 9.17) is 4.74 Å². The molecule has 5 heteroatoms. The summed E-state index contributed by atoms with van der Waals surface area (Å²) in [6.45, 7) is 8.34. The van der Waals surface area contributed by atoms with Crippen LogP contribution in [0.25, 0.3) is 0 Å². The number of nitrogens with zero attached hydrogens (tertiary/aromatic N) is 4. The van der Waals surface area contributed by atoms with Crippen molar-refractivity contribution < 1.29 is 4.74 Å². The molecule has 1 atom stereocenters. The summed E-state index contributed by atoms with van der Waals surface area (Å²) in [4.78, 5) is 2.46. The Morgan fingerprint density at radius 2 is 2.11 bits per heavy atom. The Bertz CT molecular complexity index is 398. The topological polar surface area (TPSA) is 43.2 Å². The molecule has 1 unspecified atom stereocenters. The van der Waals surface area contributed by atoms with Crippen molar-refractivity contribution >= 4 is 0 Å². The first-order chi connectivity index (χ1) is 8.83. The minimum Gasteiger partial charge on any atom is -0.379 e. The Kier molecular flexibility index (Phi) is 3.61. The second kappa shape index (κ2) is 5.36. The van der Waals surface area contributed by atoms with Crippen LogP contribution in [0, 0.1) is 5.92 Å². The Labute approximate surface area is 108 Å². The molecule has 0 aliphatic carbocycles. The Hall–Kier alpha value is -0.940. The molecule has 100 valence electrons. The molecule has 0 amide bonds. The fourth-order valence-electron chi connectivity index (χ4n) is 2.81. The van der Waals surface area contributed by atoms with E-state index in [9.17, 15) is 0 Å². The Balaban J connectivity index is 1.61. The molecule has 3 heterocycles. The van der Waals surface area contributed by atoms with Gasteiger partial charge in [-0.2, -0.15) is 0 Å². The van der Waals surface area contributed by atoms with Gasteiger partial charge in [-0.3, -0.25) is 4.90 Å². The molecule has 0 bridgehead atoms. The number of fused-ring (bicyclic) bond motifs is 1. The smallest absolute Gasteiger partial charge is 0.134 e. The lowest BCUT2D eigenvalue weighted by Gasteiger charge is -2.26. The van der Waals surface area contributed by atoms with Gasteiger partial charge in [0.1, 0.15) is 11.6 Å². The number of aromatic nitrogens is 3. The van der Waals surface area contributed by atoms with Gasteiger partial charge in [-0.15, -0.1) is 10.2 Å². The van der Waals surface area contributed by atoms with Crippen molar-refractivity contribution in [3.8, 4) is 0 Å². The van der Waals surface area contributed by atoms with Crippen molar-refractivity contribution in [2.24, 2.45) is 5.92 Å². The lowest BCUT2D eigenvalue weighted by Crippen LogP contribution is -2.37. The van der Waals surface area contributed by atoms with Crippen LogP contribution in [0.2, 0.25) is 0 Å². The highest BCUT2D eigenvalue weighted by atomic mass is 16.5. The van der Waals surface area contributed by atoms with Gasteiger partial charge in [-0.05, 0) is 12.3 Å². The van der Waals surface area contributed by atoms with Crippen molar-refractivity contribution in [1.29, 1.82) is 0 Å². The third kappa shape index (κ3) is 2.57. The highest BCUT2D eigenvalue weighted by Crippen LogP contribution is 2.19. The van der Waals surface area contributed by atoms with Crippen LogP contribution in [0.4, 0.5) is 0 Å². The van der Waals surface area contributed by atoms with Crippen LogP contribution >= 0.6 is 0 Å². The molecule has 0 radical (unpaired) electrons. The third-order valence-electron chi connectivity index (χ3n) is 4.01. The lowest BCUT2D eigenvalue weighted by atomic mass is 10.0. The molecule has 5 nitrogen and oxygen atoms in total. The van der Waals surface area contributed by atoms with Crippen molar-refractivity contribution in [2.75, 3.05) is 32.8 Å². The summed E-state index contributed by atoms with van der Waals surface area (Å²) in [6, 6.07) is 0. The molecule has 2 aliphatic rings. The van der Waals surface area contributed by atoms with Gasteiger partial charge in [0.15, 0.2) is 0 Å². The normalized spacial score (nSPS) is 25.1. The standard InChI is InChI=1S/C13H22N4O/c1-11-2-3-12-14-15-13(17(12)10-11)4-5-16-6-8-18-9-7-16/h11H,2-10H2,1H3. The number of morpholine rings is 1. The van der Waals surface area contributed by atoms with Crippen molar-refractivity contribution in [3.63, 3.8) is 0 Å². The number of hydrogen-bond acceptors (Lipinski definition) is 4. The van der Waals surface area contributed by atoms with Crippen molar-refractivity contribution in [2.45, 2.75) is 32.7 Å². The van der Waals surface area contributed by atoms with E-state index in [0.29, 0.717) is 0 Å². The van der Waals surface area contributed by atoms with Crippen LogP contribution in [-0.2, 0) is 24.1 Å². The van der Waals surface area contributed by atoms with E-state index in [1.807, 2.05) is 0 Å². The molecule has 0 N–H and O–H groups in total. The van der Waals surface area contributed by atoms with E-state index in [2.05, 4.69) is 26.6 Å². The van der Waals surface area contributed by atoms with Gasteiger partial charge in [0.2, 0.25) is 0 Å². The second-order valence-electron chi connectivity index (χ2n) is 5.49. The van der Waals surface area contributed by atoms with Crippen LogP contribution in [0.3, 0.4) is 0 Å². The largest absolute Gasteiger partial charge is 0.379 e. The number of rotatable bonds is 3. The first-order valence-corrected chi connectivity index (χ1v) is 7.04. The number of hydrogen-bond donors (Lipinski definition) is 0. The van der Waals surface area contributed by atoms with Gasteiger partial charge >= 0.3 is 0 Å². The van der Waals surface area contributed by atoms with Crippen molar-refractivity contribution in [1.82, 2.24) is 19.7 Å². The highest BCUT2D eigenvalue weighted by molar-refractivity contribution is 5.00. The van der Waals surface area contributed by atoms with Gasteiger partial charge in [-0.1, -0.05) is 6.92 Å². The number of ether oxygens (including phenoxy) is 1. The molecule has 1 saturated heterocycles. The zero-order chi connectivity index (χ0) is 12.4. The third-order valence-corrected chi connectivity index (χ3v) is 4.01. The molecule has 1 fully saturated rings. The van der Waals surface area contributed by atoms with E-state index in [0.717, 1.165) is 58.2 Å². The monoisotopic (exact) mass is 250 g/mol. The van der Waals surface area contributed by atoms with Crippen LogP contribution in [0.15, 0.2) is 0 Å². The lowest BCUT2D eigenvalue weighted by molar-refractivity contribution is 0.0381. The van der Waals surface area contributed by atoms with E-state index < -0.39 is 0 Å². The van der Waals surface area contributed by atoms with Gasteiger partial charge < -0.3 is 9.30 Å². The van der Waals surface area contributed by atoms with E-state index in [1.54, 1.807) is 0 Å². The Morgan fingerprint density at radius 3 is 2.94 bits per heavy atom. The molecular formula is C13H22N4O. The molecule has 0 aromatic carbocycles. The second-order valence-corrected chi connectivity index (χ2v) is 5.49. The maximum Gasteiger partial charge on any atom is 0.134 e. The van der Waals surface area contributed by atoms with E-state index >= 15 is 0 Å². The average Bonchev–Trinajstić information content (AvgIpc) is 2.80. The summed E-state index contributed by atoms with van der Waals surface area (Å²) in [7, 11) is 0. The van der Waals surface area contributed by atoms with Crippen molar-refractivity contribution in [3.05, 3.63) is 11.6 Å². The first kappa shape index (κ1) is 12.1. The summed E-state index contributed by atoms with van der Waals surface area (Å²) in [5, 5.41) is 8.70. The minimum atomic E-state index is 0.760. The molecule has 1 aromatic heterocycles. The fourth-order valence-corrected chi connectivity index (χ4v) is 2.81. The maximum atomic E-state index is 5.37. The molecule has 1 aromatic rings. The quantitative estimate of drug-likeness (QED) is 0.793.